The second-order valence-corrected chi connectivity index (χ2v) is 9.07. The first-order valence-electron chi connectivity index (χ1n) is 8.92. The average molecular weight is 443 g/mol. The molecule has 0 bridgehead atoms. The van der Waals surface area contributed by atoms with Crippen LogP contribution in [0.1, 0.15) is 40.6 Å². The molecule has 2 aromatic rings. The number of carbonyl (C=O) groups is 2. The number of aryl methyl sites for hydroxylation is 1. The fraction of sp³-hybridized carbons (Fsp3) is 0.227. The molecule has 0 aliphatic carbocycles. The van der Waals surface area contributed by atoms with Crippen molar-refractivity contribution in [2.24, 2.45) is 0 Å². The summed E-state index contributed by atoms with van der Waals surface area (Å²) in [5.74, 6) is -0.402. The summed E-state index contributed by atoms with van der Waals surface area (Å²) in [7, 11) is 0. The van der Waals surface area contributed by atoms with Crippen LogP contribution in [-0.4, -0.2) is 17.3 Å². The van der Waals surface area contributed by atoms with Gasteiger partial charge in [0.15, 0.2) is 11.6 Å². The van der Waals surface area contributed by atoms with Gasteiger partial charge < -0.3 is 5.32 Å². The Labute approximate surface area is 183 Å². The van der Waals surface area contributed by atoms with Crippen molar-refractivity contribution < 1.29 is 9.59 Å². The van der Waals surface area contributed by atoms with E-state index in [1.54, 1.807) is 24.3 Å². The summed E-state index contributed by atoms with van der Waals surface area (Å²) in [4.78, 5) is 25.9. The van der Waals surface area contributed by atoms with Crippen LogP contribution in [0.4, 0.5) is 0 Å². The van der Waals surface area contributed by atoms with Gasteiger partial charge in [-0.15, -0.1) is 11.3 Å². The van der Waals surface area contributed by atoms with Gasteiger partial charge in [-0.25, -0.2) is 0 Å². The Morgan fingerprint density at radius 3 is 2.66 bits per heavy atom. The average Bonchev–Trinajstić information content (AvgIpc) is 3.10. The molecular formula is C22H19ClN2O2S2. The number of nitrogens with one attached hydrogen (secondary N) is 1. The van der Waals surface area contributed by atoms with E-state index in [0.717, 1.165) is 10.4 Å². The van der Waals surface area contributed by atoms with Gasteiger partial charge >= 0.3 is 0 Å². The van der Waals surface area contributed by atoms with Crippen molar-refractivity contribution in [3.8, 4) is 6.07 Å². The first-order chi connectivity index (χ1) is 13.8. The van der Waals surface area contributed by atoms with E-state index >= 15 is 0 Å². The summed E-state index contributed by atoms with van der Waals surface area (Å²) in [6.45, 7) is 5.33. The van der Waals surface area contributed by atoms with Gasteiger partial charge in [0.1, 0.15) is 0 Å². The van der Waals surface area contributed by atoms with Gasteiger partial charge in [-0.05, 0) is 49.9 Å². The standard InChI is InChI=1S/C22H19ClN2O2S2/c1-12-7-8-28-21(12)20-17(10-24)22(25-13(2)19(20)14(3)26)29-11-18(27)15-5-4-6-16(23)9-15/h4-9,20,25H,11H2,1-3H3/t20-/m0/s1. The molecule has 0 unspecified atom stereocenters. The number of carbonyl (C=O) groups excluding carboxylic acids is 2. The fourth-order valence-electron chi connectivity index (χ4n) is 3.32. The highest BCUT2D eigenvalue weighted by Gasteiger charge is 2.34. The number of nitrogens with zero attached hydrogens (tertiary/aromatic N) is 1. The highest BCUT2D eigenvalue weighted by atomic mass is 35.5. The van der Waals surface area contributed by atoms with E-state index in [2.05, 4.69) is 11.4 Å². The zero-order valence-corrected chi connectivity index (χ0v) is 18.6. The van der Waals surface area contributed by atoms with E-state index in [1.807, 2.05) is 25.3 Å². The highest BCUT2D eigenvalue weighted by molar-refractivity contribution is 8.03. The summed E-state index contributed by atoms with van der Waals surface area (Å²) in [6, 6.07) is 11.1. The van der Waals surface area contributed by atoms with Crippen molar-refractivity contribution >= 4 is 46.3 Å². The summed E-state index contributed by atoms with van der Waals surface area (Å²) >= 11 is 8.79. The lowest BCUT2D eigenvalue weighted by molar-refractivity contribution is -0.113. The SMILES string of the molecule is CC(=O)C1=C(C)NC(SCC(=O)c2cccc(Cl)c2)=C(C#N)[C@@H]1c1sccc1C. The maximum absolute atomic E-state index is 12.6. The van der Waals surface area contributed by atoms with Crippen LogP contribution in [0.3, 0.4) is 0 Å². The molecule has 0 amide bonds. The zero-order chi connectivity index (χ0) is 21.1. The minimum absolute atomic E-state index is 0.0698. The number of allylic oxidation sites excluding steroid dienone is 3. The minimum atomic E-state index is -0.414. The predicted molar refractivity (Wildman–Crippen MR) is 119 cm³/mol. The molecule has 1 aliphatic heterocycles. The Morgan fingerprint density at radius 1 is 1.31 bits per heavy atom. The molecule has 1 atom stereocenters. The fourth-order valence-corrected chi connectivity index (χ4v) is 5.54. The summed E-state index contributed by atoms with van der Waals surface area (Å²) in [5.41, 5.74) is 3.35. The third-order valence-electron chi connectivity index (χ3n) is 4.68. The lowest BCUT2D eigenvalue weighted by Crippen LogP contribution is -2.27. The molecule has 29 heavy (non-hydrogen) atoms. The zero-order valence-electron chi connectivity index (χ0n) is 16.2. The monoisotopic (exact) mass is 442 g/mol. The maximum atomic E-state index is 12.6. The van der Waals surface area contributed by atoms with Crippen LogP contribution in [0.15, 0.2) is 57.6 Å². The van der Waals surface area contributed by atoms with Crippen LogP contribution >= 0.6 is 34.7 Å². The van der Waals surface area contributed by atoms with Crippen LogP contribution in [0.2, 0.25) is 5.02 Å². The number of rotatable bonds is 6. The van der Waals surface area contributed by atoms with Crippen molar-refractivity contribution in [3.63, 3.8) is 0 Å². The molecule has 1 aromatic carbocycles. The molecule has 1 aliphatic rings. The second-order valence-electron chi connectivity index (χ2n) is 6.70. The van der Waals surface area contributed by atoms with Crippen LogP contribution in [0.5, 0.6) is 0 Å². The number of halogens is 1. The Bertz CT molecular complexity index is 1090. The Hall–Kier alpha value is -2.33. The number of ketones is 2. The van der Waals surface area contributed by atoms with Gasteiger partial charge in [-0.3, -0.25) is 9.59 Å². The summed E-state index contributed by atoms with van der Waals surface area (Å²) in [5, 5.41) is 16.2. The van der Waals surface area contributed by atoms with E-state index in [0.29, 0.717) is 32.5 Å². The smallest absolute Gasteiger partial charge is 0.173 e. The molecule has 4 nitrogen and oxygen atoms in total. The molecule has 7 heteroatoms. The van der Waals surface area contributed by atoms with E-state index in [-0.39, 0.29) is 17.3 Å². The molecule has 2 heterocycles. The van der Waals surface area contributed by atoms with Crippen molar-refractivity contribution in [1.82, 2.24) is 5.32 Å². The summed E-state index contributed by atoms with van der Waals surface area (Å²) < 4.78 is 0. The van der Waals surface area contributed by atoms with Crippen LogP contribution in [-0.2, 0) is 4.79 Å². The van der Waals surface area contributed by atoms with Gasteiger partial charge in [-0.1, -0.05) is 35.5 Å². The molecule has 1 aromatic heterocycles. The molecule has 1 N–H and O–H groups in total. The number of nitriles is 1. The number of thiophene rings is 1. The van der Waals surface area contributed by atoms with Gasteiger partial charge in [0.25, 0.3) is 0 Å². The molecule has 0 fully saturated rings. The lowest BCUT2D eigenvalue weighted by atomic mass is 9.84. The normalized spacial score (nSPS) is 16.4. The Morgan fingerprint density at radius 2 is 2.07 bits per heavy atom. The third kappa shape index (κ3) is 4.48. The number of Topliss-reactive ketones (excluding diaryl/α,β-unsaturated/α-hetero) is 2. The number of dihydropyridines is 1. The van der Waals surface area contributed by atoms with Crippen LogP contribution in [0.25, 0.3) is 0 Å². The lowest BCUT2D eigenvalue weighted by Gasteiger charge is -2.29. The van der Waals surface area contributed by atoms with E-state index in [4.69, 9.17) is 11.6 Å². The molecule has 3 rings (SSSR count). The van der Waals surface area contributed by atoms with Gasteiger partial charge in [0.05, 0.1) is 28.3 Å². The highest BCUT2D eigenvalue weighted by Crippen LogP contribution is 2.43. The largest absolute Gasteiger partial charge is 0.353 e. The van der Waals surface area contributed by atoms with Gasteiger partial charge in [0.2, 0.25) is 0 Å². The molecule has 0 radical (unpaired) electrons. The molecule has 148 valence electrons. The second kappa shape index (κ2) is 9.00. The minimum Gasteiger partial charge on any atom is -0.353 e. The third-order valence-corrected chi connectivity index (χ3v) is 7.02. The molecule has 0 spiro atoms. The quantitative estimate of drug-likeness (QED) is 0.588. The van der Waals surface area contributed by atoms with Crippen LogP contribution in [0, 0.1) is 18.3 Å². The van der Waals surface area contributed by atoms with Crippen molar-refractivity contribution in [2.45, 2.75) is 26.7 Å². The number of hydrogen-bond donors (Lipinski definition) is 1. The molecule has 0 saturated carbocycles. The van der Waals surface area contributed by atoms with E-state index in [1.165, 1.54) is 30.0 Å². The number of thioether (sulfide) groups is 1. The van der Waals surface area contributed by atoms with Crippen LogP contribution < -0.4 is 5.32 Å². The summed E-state index contributed by atoms with van der Waals surface area (Å²) in [6.07, 6.45) is 0. The van der Waals surface area contributed by atoms with Crippen molar-refractivity contribution in [3.05, 3.63) is 78.6 Å². The number of benzene rings is 1. The van der Waals surface area contributed by atoms with Gasteiger partial charge in [0, 0.05) is 26.7 Å². The topological polar surface area (TPSA) is 70.0 Å². The first kappa shape index (κ1) is 21.4. The van der Waals surface area contributed by atoms with Gasteiger partial charge in [-0.2, -0.15) is 5.26 Å². The van der Waals surface area contributed by atoms with Crippen molar-refractivity contribution in [2.75, 3.05) is 5.75 Å². The predicted octanol–water partition coefficient (Wildman–Crippen LogP) is 5.61. The van der Waals surface area contributed by atoms with E-state index in [9.17, 15) is 14.9 Å². The Kier molecular flexibility index (Phi) is 6.63. The Balaban J connectivity index is 1.95. The number of hydrogen-bond acceptors (Lipinski definition) is 6. The van der Waals surface area contributed by atoms with E-state index < -0.39 is 5.92 Å². The van der Waals surface area contributed by atoms with Crippen molar-refractivity contribution in [1.29, 1.82) is 5.26 Å². The first-order valence-corrected chi connectivity index (χ1v) is 11.2. The molecular weight excluding hydrogens is 424 g/mol. The maximum Gasteiger partial charge on any atom is 0.173 e. The molecule has 0 saturated heterocycles.